The smallest absolute Gasteiger partial charge is 0.313 e. The highest BCUT2D eigenvalue weighted by molar-refractivity contribution is 7.99. The van der Waals surface area contributed by atoms with Crippen LogP contribution in [0.2, 0.25) is 0 Å². The molecule has 0 aliphatic rings. The molecule has 21 heavy (non-hydrogen) atoms. The van der Waals surface area contributed by atoms with E-state index in [2.05, 4.69) is 9.97 Å². The number of aromatic nitrogens is 3. The predicted octanol–water partition coefficient (Wildman–Crippen LogP) is 2.02. The normalized spacial score (nSPS) is 10.9. The number of aliphatic carboxylic acids is 1. The lowest BCUT2D eigenvalue weighted by Crippen LogP contribution is -2.21. The van der Waals surface area contributed by atoms with E-state index < -0.39 is 5.97 Å². The fourth-order valence-electron chi connectivity index (χ4n) is 1.83. The van der Waals surface area contributed by atoms with Gasteiger partial charge >= 0.3 is 5.97 Å². The number of rotatable bonds is 4. The molecule has 0 fully saturated rings. The maximum atomic E-state index is 12.6. The third-order valence-corrected chi connectivity index (χ3v) is 4.49. The minimum atomic E-state index is -0.961. The molecule has 3 aromatic rings. The molecule has 0 saturated carbocycles. The number of thioether (sulfide) groups is 1. The van der Waals surface area contributed by atoms with Gasteiger partial charge < -0.3 is 5.11 Å². The Morgan fingerprint density at radius 1 is 1.43 bits per heavy atom. The van der Waals surface area contributed by atoms with Crippen molar-refractivity contribution < 1.29 is 9.90 Å². The number of fused-ring (bicyclic) bond motifs is 1. The van der Waals surface area contributed by atoms with E-state index in [0.29, 0.717) is 21.1 Å². The van der Waals surface area contributed by atoms with Crippen molar-refractivity contribution in [3.8, 4) is 5.69 Å². The minimum Gasteiger partial charge on any atom is -0.481 e. The summed E-state index contributed by atoms with van der Waals surface area (Å²) < 4.78 is 1.94. The van der Waals surface area contributed by atoms with Crippen LogP contribution >= 0.6 is 23.1 Å². The van der Waals surface area contributed by atoms with Crippen LogP contribution in [0.4, 0.5) is 0 Å². The minimum absolute atomic E-state index is 0.164. The monoisotopic (exact) mass is 319 g/mol. The number of nitrogens with zero attached hydrogens (tertiary/aromatic N) is 3. The Morgan fingerprint density at radius 3 is 3.00 bits per heavy atom. The van der Waals surface area contributed by atoms with Gasteiger partial charge in [0.15, 0.2) is 5.16 Å². The average molecular weight is 319 g/mol. The van der Waals surface area contributed by atoms with E-state index in [4.69, 9.17) is 5.11 Å². The van der Waals surface area contributed by atoms with Gasteiger partial charge in [0.05, 0.1) is 23.2 Å². The molecular formula is C13H9N3O3S2. The quantitative estimate of drug-likeness (QED) is 0.585. The van der Waals surface area contributed by atoms with Crippen molar-refractivity contribution in [2.45, 2.75) is 5.16 Å². The van der Waals surface area contributed by atoms with Gasteiger partial charge in [-0.1, -0.05) is 11.8 Å². The van der Waals surface area contributed by atoms with E-state index in [0.717, 1.165) is 11.8 Å². The summed E-state index contributed by atoms with van der Waals surface area (Å²) in [6, 6.07) is 5.20. The van der Waals surface area contributed by atoms with Crippen LogP contribution in [0.3, 0.4) is 0 Å². The molecule has 6 nitrogen and oxygen atoms in total. The van der Waals surface area contributed by atoms with E-state index >= 15 is 0 Å². The van der Waals surface area contributed by atoms with Gasteiger partial charge in [0.25, 0.3) is 5.56 Å². The van der Waals surface area contributed by atoms with Gasteiger partial charge in [-0.25, -0.2) is 4.98 Å². The number of carbonyl (C=O) groups is 1. The van der Waals surface area contributed by atoms with Gasteiger partial charge in [-0.05, 0) is 23.6 Å². The maximum absolute atomic E-state index is 12.6. The number of hydrogen-bond acceptors (Lipinski definition) is 6. The lowest BCUT2D eigenvalue weighted by molar-refractivity contribution is -0.133. The van der Waals surface area contributed by atoms with Crippen LogP contribution < -0.4 is 5.56 Å². The molecule has 3 rings (SSSR count). The Balaban J connectivity index is 2.23. The molecule has 3 aromatic heterocycles. The summed E-state index contributed by atoms with van der Waals surface area (Å²) in [5.41, 5.74) is 0.937. The highest BCUT2D eigenvalue weighted by Gasteiger charge is 2.15. The zero-order valence-corrected chi connectivity index (χ0v) is 12.2. The van der Waals surface area contributed by atoms with Crippen LogP contribution in [0.25, 0.3) is 15.9 Å². The van der Waals surface area contributed by atoms with Crippen molar-refractivity contribution >= 4 is 39.3 Å². The average Bonchev–Trinajstić information content (AvgIpc) is 2.95. The van der Waals surface area contributed by atoms with Gasteiger partial charge in [0.1, 0.15) is 4.70 Å². The van der Waals surface area contributed by atoms with E-state index in [9.17, 15) is 9.59 Å². The maximum Gasteiger partial charge on any atom is 0.313 e. The summed E-state index contributed by atoms with van der Waals surface area (Å²) in [5.74, 6) is -1.13. The van der Waals surface area contributed by atoms with Gasteiger partial charge in [0.2, 0.25) is 0 Å². The molecule has 0 aliphatic heterocycles. The highest BCUT2D eigenvalue weighted by atomic mass is 32.2. The summed E-state index contributed by atoms with van der Waals surface area (Å²) in [5, 5.41) is 11.0. The lowest BCUT2D eigenvalue weighted by atomic mass is 10.4. The second-order valence-corrected chi connectivity index (χ2v) is 5.92. The first-order valence-corrected chi connectivity index (χ1v) is 7.78. The molecule has 1 N–H and O–H groups in total. The predicted molar refractivity (Wildman–Crippen MR) is 81.4 cm³/mol. The molecule has 0 aromatic carbocycles. The first-order chi connectivity index (χ1) is 10.2. The van der Waals surface area contributed by atoms with Crippen LogP contribution in [-0.4, -0.2) is 31.4 Å². The molecule has 0 unspecified atom stereocenters. The van der Waals surface area contributed by atoms with Crippen LogP contribution in [0.1, 0.15) is 0 Å². The topological polar surface area (TPSA) is 85.1 Å². The van der Waals surface area contributed by atoms with Crippen molar-refractivity contribution in [2.75, 3.05) is 5.75 Å². The first kappa shape index (κ1) is 13.8. The fourth-order valence-corrected chi connectivity index (χ4v) is 3.32. The van der Waals surface area contributed by atoms with Crippen molar-refractivity contribution in [3.63, 3.8) is 0 Å². The molecular weight excluding hydrogens is 310 g/mol. The molecule has 0 saturated heterocycles. The second kappa shape index (κ2) is 5.66. The summed E-state index contributed by atoms with van der Waals surface area (Å²) in [4.78, 5) is 31.8. The van der Waals surface area contributed by atoms with Crippen molar-refractivity contribution in [1.29, 1.82) is 0 Å². The Bertz CT molecular complexity index is 858. The van der Waals surface area contributed by atoms with E-state index in [1.165, 1.54) is 15.9 Å². The molecule has 0 amide bonds. The zero-order valence-electron chi connectivity index (χ0n) is 10.6. The Kier molecular flexibility index (Phi) is 3.72. The highest BCUT2D eigenvalue weighted by Crippen LogP contribution is 2.23. The largest absolute Gasteiger partial charge is 0.481 e. The summed E-state index contributed by atoms with van der Waals surface area (Å²) in [7, 11) is 0. The van der Waals surface area contributed by atoms with Crippen molar-refractivity contribution in [3.05, 3.63) is 46.3 Å². The number of carboxylic acid groups (broad SMARTS) is 1. The third-order valence-electron chi connectivity index (χ3n) is 2.68. The number of carboxylic acids is 1. The third kappa shape index (κ3) is 2.67. The lowest BCUT2D eigenvalue weighted by Gasteiger charge is -2.10. The summed E-state index contributed by atoms with van der Waals surface area (Å²) in [6.45, 7) is 0. The SMILES string of the molecule is O=C(O)CSc1nc2ccsc2c(=O)n1-c1cccnc1. The van der Waals surface area contributed by atoms with Crippen molar-refractivity contribution in [1.82, 2.24) is 14.5 Å². The Morgan fingerprint density at radius 2 is 2.29 bits per heavy atom. The number of thiophene rings is 1. The van der Waals surface area contributed by atoms with E-state index in [1.54, 1.807) is 36.0 Å². The number of pyridine rings is 1. The number of hydrogen-bond donors (Lipinski definition) is 1. The molecule has 3 heterocycles. The van der Waals surface area contributed by atoms with Crippen molar-refractivity contribution in [2.24, 2.45) is 0 Å². The summed E-state index contributed by atoms with van der Waals surface area (Å²) in [6.07, 6.45) is 3.16. The van der Waals surface area contributed by atoms with Gasteiger partial charge in [0, 0.05) is 6.20 Å². The molecule has 0 spiro atoms. The second-order valence-electron chi connectivity index (χ2n) is 4.06. The van der Waals surface area contributed by atoms with Gasteiger partial charge in [-0.2, -0.15) is 0 Å². The Labute approximate surface area is 127 Å². The molecule has 106 valence electrons. The molecule has 0 radical (unpaired) electrons. The molecule has 0 atom stereocenters. The van der Waals surface area contributed by atoms with E-state index in [-0.39, 0.29) is 11.3 Å². The molecule has 0 bridgehead atoms. The molecule has 8 heteroatoms. The molecule has 0 aliphatic carbocycles. The zero-order chi connectivity index (χ0) is 14.8. The van der Waals surface area contributed by atoms with Crippen LogP contribution in [-0.2, 0) is 4.79 Å². The van der Waals surface area contributed by atoms with Crippen LogP contribution in [0.5, 0.6) is 0 Å². The fraction of sp³-hybridized carbons (Fsp3) is 0.0769. The van der Waals surface area contributed by atoms with Crippen LogP contribution in [0, 0.1) is 0 Å². The Hall–Kier alpha value is -2.19. The summed E-state index contributed by atoms with van der Waals surface area (Å²) >= 11 is 2.33. The van der Waals surface area contributed by atoms with E-state index in [1.807, 2.05) is 0 Å². The van der Waals surface area contributed by atoms with Crippen LogP contribution in [0.15, 0.2) is 45.9 Å². The van der Waals surface area contributed by atoms with Gasteiger partial charge in [-0.15, -0.1) is 11.3 Å². The van der Waals surface area contributed by atoms with Gasteiger partial charge in [-0.3, -0.25) is 19.1 Å². The first-order valence-electron chi connectivity index (χ1n) is 5.92. The standard InChI is InChI=1S/C13H9N3O3S2/c17-10(18)7-21-13-15-9-3-5-20-11(9)12(19)16(13)8-2-1-4-14-6-8/h1-6H,7H2,(H,17,18).